The second-order valence-electron chi connectivity index (χ2n) is 2.72. The summed E-state index contributed by atoms with van der Waals surface area (Å²) < 4.78 is 9.60. The molecule has 0 aliphatic heterocycles. The average molecular weight is 231 g/mol. The van der Waals surface area contributed by atoms with Gasteiger partial charge in [-0.05, 0) is 13.0 Å². The smallest absolute Gasteiger partial charge is 0.341 e. The quantitative estimate of drug-likeness (QED) is 0.809. The number of carbonyl (C=O) groups is 1. The van der Waals surface area contributed by atoms with Crippen LogP contribution in [0, 0.1) is 0 Å². The standard InChI is InChI=1S/C10H11ClO4/c1-3-15-8-5-6(11)4-7(9(8)12)10(13)14-2/h4-5,12H,3H2,1-2H3. The fraction of sp³-hybridized carbons (Fsp3) is 0.300. The van der Waals surface area contributed by atoms with Gasteiger partial charge in [0, 0.05) is 11.1 Å². The van der Waals surface area contributed by atoms with Crippen LogP contribution in [0.15, 0.2) is 12.1 Å². The first-order chi connectivity index (χ1) is 7.10. The Morgan fingerprint density at radius 3 is 2.73 bits per heavy atom. The van der Waals surface area contributed by atoms with Gasteiger partial charge in [0.05, 0.1) is 13.7 Å². The molecule has 0 atom stereocenters. The van der Waals surface area contributed by atoms with Gasteiger partial charge in [0.1, 0.15) is 5.56 Å². The minimum Gasteiger partial charge on any atom is -0.504 e. The van der Waals surface area contributed by atoms with E-state index in [0.29, 0.717) is 11.6 Å². The van der Waals surface area contributed by atoms with E-state index in [2.05, 4.69) is 4.74 Å². The number of hydrogen-bond donors (Lipinski definition) is 1. The third-order valence-electron chi connectivity index (χ3n) is 1.74. The Kier molecular flexibility index (Phi) is 3.80. The second kappa shape index (κ2) is 4.89. The zero-order valence-corrected chi connectivity index (χ0v) is 9.17. The van der Waals surface area contributed by atoms with Crippen LogP contribution in [0.4, 0.5) is 0 Å². The van der Waals surface area contributed by atoms with E-state index in [0.717, 1.165) is 0 Å². The molecule has 0 aliphatic carbocycles. The Hall–Kier alpha value is -1.42. The summed E-state index contributed by atoms with van der Waals surface area (Å²) >= 11 is 5.76. The number of methoxy groups -OCH3 is 1. The van der Waals surface area contributed by atoms with Crippen molar-refractivity contribution < 1.29 is 19.4 Å². The number of carbonyl (C=O) groups excluding carboxylic acids is 1. The molecule has 1 N–H and O–H groups in total. The normalized spacial score (nSPS) is 9.80. The largest absolute Gasteiger partial charge is 0.504 e. The first-order valence-electron chi connectivity index (χ1n) is 4.33. The number of aromatic hydroxyl groups is 1. The van der Waals surface area contributed by atoms with Gasteiger partial charge in [-0.15, -0.1) is 0 Å². The van der Waals surface area contributed by atoms with Crippen LogP contribution in [0.1, 0.15) is 17.3 Å². The number of rotatable bonds is 3. The fourth-order valence-corrected chi connectivity index (χ4v) is 1.31. The highest BCUT2D eigenvalue weighted by atomic mass is 35.5. The molecule has 1 rings (SSSR count). The molecule has 0 amide bonds. The zero-order chi connectivity index (χ0) is 11.4. The molecule has 0 unspecified atom stereocenters. The molecule has 0 saturated carbocycles. The van der Waals surface area contributed by atoms with Crippen molar-refractivity contribution >= 4 is 17.6 Å². The lowest BCUT2D eigenvalue weighted by molar-refractivity contribution is 0.0596. The van der Waals surface area contributed by atoms with Gasteiger partial charge in [0.25, 0.3) is 0 Å². The Morgan fingerprint density at radius 1 is 1.53 bits per heavy atom. The maximum atomic E-state index is 11.2. The van der Waals surface area contributed by atoms with E-state index in [4.69, 9.17) is 16.3 Å². The number of phenolic OH excluding ortho intramolecular Hbond substituents is 1. The maximum Gasteiger partial charge on any atom is 0.341 e. The van der Waals surface area contributed by atoms with Gasteiger partial charge in [0.2, 0.25) is 0 Å². The number of phenols is 1. The first-order valence-corrected chi connectivity index (χ1v) is 4.71. The van der Waals surface area contributed by atoms with Crippen LogP contribution >= 0.6 is 11.6 Å². The molecule has 5 heteroatoms. The van der Waals surface area contributed by atoms with Crippen molar-refractivity contribution in [2.75, 3.05) is 13.7 Å². The number of benzene rings is 1. The summed E-state index contributed by atoms with van der Waals surface area (Å²) in [6.45, 7) is 2.13. The van der Waals surface area contributed by atoms with Crippen LogP contribution in [0.2, 0.25) is 5.02 Å². The predicted molar refractivity (Wildman–Crippen MR) is 55.6 cm³/mol. The molecular formula is C10H11ClO4. The lowest BCUT2D eigenvalue weighted by Crippen LogP contribution is -2.03. The molecule has 0 fully saturated rings. The number of esters is 1. The lowest BCUT2D eigenvalue weighted by atomic mass is 10.2. The highest BCUT2D eigenvalue weighted by Crippen LogP contribution is 2.33. The highest BCUT2D eigenvalue weighted by molar-refractivity contribution is 6.31. The molecule has 15 heavy (non-hydrogen) atoms. The Balaban J connectivity index is 3.21. The molecule has 0 heterocycles. The molecular weight excluding hydrogens is 220 g/mol. The number of halogens is 1. The van der Waals surface area contributed by atoms with Gasteiger partial charge in [0.15, 0.2) is 11.5 Å². The van der Waals surface area contributed by atoms with Crippen molar-refractivity contribution in [3.63, 3.8) is 0 Å². The molecule has 0 saturated heterocycles. The summed E-state index contributed by atoms with van der Waals surface area (Å²) in [5.41, 5.74) is -0.00606. The van der Waals surface area contributed by atoms with Crippen molar-refractivity contribution in [1.29, 1.82) is 0 Å². The van der Waals surface area contributed by atoms with Gasteiger partial charge in [-0.25, -0.2) is 4.79 Å². The summed E-state index contributed by atoms with van der Waals surface area (Å²) in [5, 5.41) is 9.96. The van der Waals surface area contributed by atoms with Crippen molar-refractivity contribution in [3.05, 3.63) is 22.7 Å². The third-order valence-corrected chi connectivity index (χ3v) is 1.96. The Bertz CT molecular complexity index is 376. The van der Waals surface area contributed by atoms with Crippen LogP contribution in [-0.4, -0.2) is 24.8 Å². The Labute approximate surface area is 92.4 Å². The van der Waals surface area contributed by atoms with E-state index < -0.39 is 5.97 Å². The minimum atomic E-state index is -0.657. The molecule has 0 spiro atoms. The number of ether oxygens (including phenoxy) is 2. The zero-order valence-electron chi connectivity index (χ0n) is 8.41. The molecule has 1 aromatic rings. The van der Waals surface area contributed by atoms with E-state index in [1.807, 2.05) is 0 Å². The molecule has 0 radical (unpaired) electrons. The van der Waals surface area contributed by atoms with Gasteiger partial charge in [-0.2, -0.15) is 0 Å². The molecule has 0 aromatic heterocycles. The minimum absolute atomic E-state index is 0.00606. The van der Waals surface area contributed by atoms with E-state index in [-0.39, 0.29) is 17.1 Å². The summed E-state index contributed by atoms with van der Waals surface area (Å²) in [5.74, 6) is -0.741. The molecule has 4 nitrogen and oxygen atoms in total. The maximum absolute atomic E-state index is 11.2. The monoisotopic (exact) mass is 230 g/mol. The van der Waals surface area contributed by atoms with Crippen molar-refractivity contribution in [2.24, 2.45) is 0 Å². The van der Waals surface area contributed by atoms with Gasteiger partial charge < -0.3 is 14.6 Å². The van der Waals surface area contributed by atoms with E-state index in [1.165, 1.54) is 19.2 Å². The van der Waals surface area contributed by atoms with Crippen LogP contribution in [-0.2, 0) is 4.74 Å². The van der Waals surface area contributed by atoms with Crippen molar-refractivity contribution in [2.45, 2.75) is 6.92 Å². The van der Waals surface area contributed by atoms with E-state index in [1.54, 1.807) is 6.92 Å². The predicted octanol–water partition coefficient (Wildman–Crippen LogP) is 2.23. The van der Waals surface area contributed by atoms with Crippen molar-refractivity contribution in [3.8, 4) is 11.5 Å². The van der Waals surface area contributed by atoms with Gasteiger partial charge in [-0.3, -0.25) is 0 Å². The summed E-state index contributed by atoms with van der Waals surface area (Å²) in [6, 6.07) is 2.76. The van der Waals surface area contributed by atoms with Gasteiger partial charge >= 0.3 is 5.97 Å². The van der Waals surface area contributed by atoms with Gasteiger partial charge in [-0.1, -0.05) is 11.6 Å². The molecule has 0 bridgehead atoms. The Morgan fingerprint density at radius 2 is 2.20 bits per heavy atom. The molecule has 82 valence electrons. The second-order valence-corrected chi connectivity index (χ2v) is 3.16. The van der Waals surface area contributed by atoms with Crippen molar-refractivity contribution in [1.82, 2.24) is 0 Å². The fourth-order valence-electron chi connectivity index (χ4n) is 1.11. The lowest BCUT2D eigenvalue weighted by Gasteiger charge is -2.09. The summed E-state index contributed by atoms with van der Waals surface area (Å²) in [7, 11) is 1.23. The number of hydrogen-bond acceptors (Lipinski definition) is 4. The first kappa shape index (κ1) is 11.7. The van der Waals surface area contributed by atoms with Crippen LogP contribution < -0.4 is 4.74 Å². The highest BCUT2D eigenvalue weighted by Gasteiger charge is 2.17. The molecule has 0 aliphatic rings. The van der Waals surface area contributed by atoms with Crippen LogP contribution in [0.25, 0.3) is 0 Å². The SMILES string of the molecule is CCOc1cc(Cl)cc(C(=O)OC)c1O. The topological polar surface area (TPSA) is 55.8 Å². The molecule has 1 aromatic carbocycles. The van der Waals surface area contributed by atoms with E-state index >= 15 is 0 Å². The average Bonchev–Trinajstić information content (AvgIpc) is 2.22. The van der Waals surface area contributed by atoms with E-state index in [9.17, 15) is 9.90 Å². The summed E-state index contributed by atoms with van der Waals surface area (Å²) in [6.07, 6.45) is 0. The van der Waals surface area contributed by atoms with Crippen LogP contribution in [0.5, 0.6) is 11.5 Å². The summed E-state index contributed by atoms with van der Waals surface area (Å²) in [4.78, 5) is 11.2. The van der Waals surface area contributed by atoms with Crippen LogP contribution in [0.3, 0.4) is 0 Å². The third kappa shape index (κ3) is 2.53.